The fraction of sp³-hybridized carbons (Fsp3) is 0.333. The molecule has 0 aromatic heterocycles. The minimum atomic E-state index is -0.639. The third kappa shape index (κ3) is 2.65. The standard InChI is InChI=1S/C21H14N4S2/c1-11-4-17-16(13(9-24)10-25)6-18-19(21(17)27-11)5-15(12(7-22)8-23)14-2-3-26-20(14)18/h2-4,6,12,14-15,17,20H,5H2,1H3/t14?,15?,17?,20-/m1/s1. The van der Waals surface area contributed by atoms with Crippen molar-refractivity contribution in [3.8, 4) is 24.3 Å². The quantitative estimate of drug-likeness (QED) is 0.605. The SMILES string of the molecule is CC1=CC2C(=C(C#N)C#N)C=C3C(=C2S1)CC(C(C#N)C#N)C1C=CS[C@@H]31. The summed E-state index contributed by atoms with van der Waals surface area (Å²) in [5.74, 6) is -0.613. The van der Waals surface area contributed by atoms with E-state index < -0.39 is 5.92 Å². The van der Waals surface area contributed by atoms with Gasteiger partial charge in [-0.3, -0.25) is 0 Å². The molecule has 4 aliphatic rings. The van der Waals surface area contributed by atoms with Crippen LogP contribution in [0.4, 0.5) is 0 Å². The van der Waals surface area contributed by atoms with Crippen LogP contribution in [0.3, 0.4) is 0 Å². The van der Waals surface area contributed by atoms with Gasteiger partial charge in [0.1, 0.15) is 23.6 Å². The zero-order valence-corrected chi connectivity index (χ0v) is 16.1. The van der Waals surface area contributed by atoms with E-state index in [1.54, 1.807) is 23.5 Å². The molecule has 4 rings (SSSR count). The maximum Gasteiger partial charge on any atom is 0.137 e. The average molecular weight is 387 g/mol. The van der Waals surface area contributed by atoms with Crippen LogP contribution in [0.1, 0.15) is 13.3 Å². The molecule has 0 N–H and O–H groups in total. The van der Waals surface area contributed by atoms with E-state index in [-0.39, 0.29) is 28.6 Å². The van der Waals surface area contributed by atoms with Gasteiger partial charge in [-0.15, -0.1) is 11.8 Å². The molecule has 6 heteroatoms. The summed E-state index contributed by atoms with van der Waals surface area (Å²) in [4.78, 5) is 2.31. The number of allylic oxidation sites excluding steroid dienone is 8. The van der Waals surface area contributed by atoms with E-state index >= 15 is 0 Å². The van der Waals surface area contributed by atoms with Crippen molar-refractivity contribution in [2.45, 2.75) is 18.6 Å². The van der Waals surface area contributed by atoms with E-state index in [1.165, 1.54) is 5.57 Å². The number of rotatable bonds is 1. The van der Waals surface area contributed by atoms with Gasteiger partial charge in [0.15, 0.2) is 0 Å². The summed E-state index contributed by atoms with van der Waals surface area (Å²) in [6.45, 7) is 2.04. The third-order valence-corrected chi connectivity index (χ3v) is 7.94. The van der Waals surface area contributed by atoms with Gasteiger partial charge >= 0.3 is 0 Å². The normalized spacial score (nSPS) is 30.2. The Kier molecular flexibility index (Phi) is 4.49. The second-order valence-corrected chi connectivity index (χ2v) is 9.26. The van der Waals surface area contributed by atoms with Crippen LogP contribution in [0, 0.1) is 69.0 Å². The molecule has 0 spiro atoms. The van der Waals surface area contributed by atoms with Crippen LogP contribution >= 0.6 is 23.5 Å². The lowest BCUT2D eigenvalue weighted by molar-refractivity contribution is 0.335. The highest BCUT2D eigenvalue weighted by molar-refractivity contribution is 8.07. The topological polar surface area (TPSA) is 95.2 Å². The van der Waals surface area contributed by atoms with Crippen molar-refractivity contribution in [2.75, 3.05) is 0 Å². The number of thioether (sulfide) groups is 2. The molecule has 1 saturated carbocycles. The molecule has 0 saturated heterocycles. The van der Waals surface area contributed by atoms with Gasteiger partial charge in [-0.25, -0.2) is 0 Å². The number of nitriles is 4. The fourth-order valence-electron chi connectivity index (χ4n) is 4.39. The molecule has 4 nitrogen and oxygen atoms in total. The number of hydrogen-bond donors (Lipinski definition) is 0. The highest BCUT2D eigenvalue weighted by Gasteiger charge is 2.47. The maximum absolute atomic E-state index is 9.47. The van der Waals surface area contributed by atoms with Crippen LogP contribution in [-0.2, 0) is 0 Å². The zero-order chi connectivity index (χ0) is 19.1. The van der Waals surface area contributed by atoms with Gasteiger partial charge in [0.05, 0.1) is 12.1 Å². The van der Waals surface area contributed by atoms with E-state index in [9.17, 15) is 21.0 Å². The van der Waals surface area contributed by atoms with Crippen LogP contribution in [-0.4, -0.2) is 5.25 Å². The van der Waals surface area contributed by atoms with E-state index in [0.717, 1.165) is 21.0 Å². The predicted molar refractivity (Wildman–Crippen MR) is 105 cm³/mol. The van der Waals surface area contributed by atoms with Crippen molar-refractivity contribution in [1.29, 1.82) is 21.0 Å². The van der Waals surface area contributed by atoms with Gasteiger partial charge < -0.3 is 0 Å². The van der Waals surface area contributed by atoms with Crippen LogP contribution in [0.25, 0.3) is 0 Å². The Morgan fingerprint density at radius 2 is 1.93 bits per heavy atom. The van der Waals surface area contributed by atoms with Crippen molar-refractivity contribution in [1.82, 2.24) is 0 Å². The van der Waals surface area contributed by atoms with Crippen LogP contribution < -0.4 is 0 Å². The highest BCUT2D eigenvalue weighted by Crippen LogP contribution is 2.58. The Morgan fingerprint density at radius 3 is 2.59 bits per heavy atom. The van der Waals surface area contributed by atoms with Crippen LogP contribution in [0.5, 0.6) is 0 Å². The Labute approximate surface area is 166 Å². The van der Waals surface area contributed by atoms with Gasteiger partial charge in [-0.05, 0) is 52.2 Å². The minimum Gasteiger partial charge on any atom is -0.197 e. The number of nitrogens with zero attached hydrogens (tertiary/aromatic N) is 4. The lowest BCUT2D eigenvalue weighted by Crippen LogP contribution is -2.35. The number of hydrogen-bond acceptors (Lipinski definition) is 6. The third-order valence-electron chi connectivity index (χ3n) is 5.58. The highest BCUT2D eigenvalue weighted by atomic mass is 32.2. The molecule has 4 atom stereocenters. The van der Waals surface area contributed by atoms with Crippen molar-refractivity contribution < 1.29 is 0 Å². The molecule has 2 aliphatic carbocycles. The summed E-state index contributed by atoms with van der Waals surface area (Å²) in [5.41, 5.74) is 3.30. The molecular weight excluding hydrogens is 372 g/mol. The molecule has 3 unspecified atom stereocenters. The van der Waals surface area contributed by atoms with E-state index in [4.69, 9.17) is 0 Å². The second kappa shape index (κ2) is 6.83. The van der Waals surface area contributed by atoms with Gasteiger partial charge in [0.25, 0.3) is 0 Å². The van der Waals surface area contributed by atoms with Crippen molar-refractivity contribution >= 4 is 23.5 Å². The Balaban J connectivity index is 1.89. The van der Waals surface area contributed by atoms with Crippen LogP contribution in [0.15, 0.2) is 55.7 Å². The molecule has 0 aromatic carbocycles. The minimum absolute atomic E-state index is 0.0324. The summed E-state index contributed by atoms with van der Waals surface area (Å²) in [5, 5.41) is 40.0. The fourth-order valence-corrected chi connectivity index (χ4v) is 6.86. The first-order valence-corrected chi connectivity index (χ1v) is 10.4. The molecule has 130 valence electrons. The largest absolute Gasteiger partial charge is 0.197 e. The van der Waals surface area contributed by atoms with Crippen LogP contribution in [0.2, 0.25) is 0 Å². The molecule has 1 fully saturated rings. The summed E-state index contributed by atoms with van der Waals surface area (Å²) < 4.78 is 0. The van der Waals surface area contributed by atoms with Crippen molar-refractivity contribution in [3.05, 3.63) is 55.7 Å². The maximum atomic E-state index is 9.47. The monoisotopic (exact) mass is 386 g/mol. The molecule has 0 amide bonds. The number of fused-ring (bicyclic) bond motifs is 4. The summed E-state index contributed by atoms with van der Waals surface area (Å²) in [6, 6.07) is 8.47. The Morgan fingerprint density at radius 1 is 1.19 bits per heavy atom. The summed E-state index contributed by atoms with van der Waals surface area (Å²) >= 11 is 3.39. The van der Waals surface area contributed by atoms with Crippen molar-refractivity contribution in [3.63, 3.8) is 0 Å². The first-order valence-electron chi connectivity index (χ1n) is 8.60. The molecule has 0 radical (unpaired) electrons. The van der Waals surface area contributed by atoms with Gasteiger partial charge in [0, 0.05) is 16.1 Å². The average Bonchev–Trinajstić information content (AvgIpc) is 3.30. The summed E-state index contributed by atoms with van der Waals surface area (Å²) in [6.07, 6.45) is 6.94. The van der Waals surface area contributed by atoms with E-state index in [0.29, 0.717) is 6.42 Å². The lowest BCUT2D eigenvalue weighted by atomic mass is 9.66. The molecule has 0 bridgehead atoms. The first-order chi connectivity index (χ1) is 13.1. The first kappa shape index (κ1) is 17.8. The zero-order valence-electron chi connectivity index (χ0n) is 14.5. The Hall–Kier alpha value is -2.64. The van der Waals surface area contributed by atoms with E-state index in [1.807, 2.05) is 13.0 Å². The second-order valence-electron chi connectivity index (χ2n) is 6.92. The smallest absolute Gasteiger partial charge is 0.137 e. The van der Waals surface area contributed by atoms with E-state index in [2.05, 4.69) is 41.8 Å². The lowest BCUT2D eigenvalue weighted by Gasteiger charge is -2.40. The van der Waals surface area contributed by atoms with Gasteiger partial charge in [-0.2, -0.15) is 21.0 Å². The molecule has 2 aliphatic heterocycles. The Bertz CT molecular complexity index is 1020. The summed E-state index contributed by atoms with van der Waals surface area (Å²) in [7, 11) is 0. The molecular formula is C21H14N4S2. The predicted octanol–water partition coefficient (Wildman–Crippen LogP) is 4.72. The molecule has 2 heterocycles. The van der Waals surface area contributed by atoms with Gasteiger partial charge in [0.2, 0.25) is 0 Å². The van der Waals surface area contributed by atoms with Gasteiger partial charge in [-0.1, -0.05) is 30.0 Å². The molecule has 27 heavy (non-hydrogen) atoms. The van der Waals surface area contributed by atoms with Crippen molar-refractivity contribution in [2.24, 2.45) is 23.7 Å². The molecule has 0 aromatic rings.